The number of likely N-dealkylation sites (tertiary alicyclic amines) is 1. The highest BCUT2D eigenvalue weighted by Gasteiger charge is 2.38. The lowest BCUT2D eigenvalue weighted by atomic mass is 10.0. The summed E-state index contributed by atoms with van der Waals surface area (Å²) in [5.74, 6) is -1.55. The molecule has 172 valence electrons. The van der Waals surface area contributed by atoms with Crippen LogP contribution in [0.4, 0.5) is 0 Å². The summed E-state index contributed by atoms with van der Waals surface area (Å²) in [4.78, 5) is 55.0. The fourth-order valence-electron chi connectivity index (χ4n) is 3.90. The Balaban J connectivity index is 2.11. The van der Waals surface area contributed by atoms with E-state index in [1.807, 2.05) is 6.92 Å². The third-order valence-corrected chi connectivity index (χ3v) is 5.33. The molecule has 1 saturated heterocycles. The molecule has 1 amide bonds. The highest BCUT2D eigenvalue weighted by Crippen LogP contribution is 2.20. The van der Waals surface area contributed by atoms with E-state index in [0.29, 0.717) is 24.9 Å². The number of ketones is 1. The van der Waals surface area contributed by atoms with Crippen LogP contribution in [0.15, 0.2) is 6.07 Å². The Hall–Kier alpha value is -2.68. The van der Waals surface area contributed by atoms with E-state index in [-0.39, 0.29) is 31.3 Å². The largest absolute Gasteiger partial charge is 0.465 e. The number of hydrogen-bond donors (Lipinski definition) is 2. The molecular formula is C22H33N3O6. The van der Waals surface area contributed by atoms with Gasteiger partial charge in [0, 0.05) is 29.9 Å². The number of nitrogens with zero attached hydrogens (tertiary/aromatic N) is 1. The van der Waals surface area contributed by atoms with Crippen molar-refractivity contribution in [1.29, 1.82) is 0 Å². The van der Waals surface area contributed by atoms with Crippen LogP contribution in [0, 0.1) is 13.8 Å². The molecule has 0 bridgehead atoms. The summed E-state index contributed by atoms with van der Waals surface area (Å²) in [7, 11) is 0. The number of Topliss-reactive ketones (excluding diaryl/α,β-unsaturated/α-hetero) is 1. The minimum Gasteiger partial charge on any atom is -0.465 e. The molecule has 2 N–H and O–H groups in total. The SMILES string of the molecule is CCOC(=O)C(CC(=O)c1cc(C)[nH]c1C)N[C@@H](C)C(=O)N1CCC[C@H]1C(=O)OCC. The van der Waals surface area contributed by atoms with Gasteiger partial charge in [-0.15, -0.1) is 0 Å². The maximum Gasteiger partial charge on any atom is 0.328 e. The van der Waals surface area contributed by atoms with Crippen LogP contribution in [-0.2, 0) is 23.9 Å². The zero-order chi connectivity index (χ0) is 23.1. The Morgan fingerprint density at radius 2 is 1.87 bits per heavy atom. The van der Waals surface area contributed by atoms with Gasteiger partial charge in [-0.1, -0.05) is 0 Å². The van der Waals surface area contributed by atoms with Gasteiger partial charge in [-0.25, -0.2) is 4.79 Å². The molecular weight excluding hydrogens is 402 g/mol. The summed E-state index contributed by atoms with van der Waals surface area (Å²) in [6, 6.07) is -0.649. The summed E-state index contributed by atoms with van der Waals surface area (Å²) in [5, 5.41) is 2.95. The van der Waals surface area contributed by atoms with E-state index < -0.39 is 30.1 Å². The molecule has 1 aromatic rings. The summed E-state index contributed by atoms with van der Waals surface area (Å²) < 4.78 is 10.2. The number of carbonyl (C=O) groups excluding carboxylic acids is 4. The van der Waals surface area contributed by atoms with Crippen molar-refractivity contribution in [2.45, 2.75) is 72.0 Å². The molecule has 0 aliphatic carbocycles. The van der Waals surface area contributed by atoms with Crippen molar-refractivity contribution in [3.63, 3.8) is 0 Å². The second-order valence-electron chi connectivity index (χ2n) is 7.75. The van der Waals surface area contributed by atoms with E-state index in [9.17, 15) is 19.2 Å². The van der Waals surface area contributed by atoms with Crippen molar-refractivity contribution in [2.24, 2.45) is 0 Å². The number of amides is 1. The topological polar surface area (TPSA) is 118 Å². The lowest BCUT2D eigenvalue weighted by Gasteiger charge is -2.28. The molecule has 1 fully saturated rings. The van der Waals surface area contributed by atoms with Gasteiger partial charge in [0.05, 0.1) is 19.3 Å². The van der Waals surface area contributed by atoms with Gasteiger partial charge < -0.3 is 19.4 Å². The molecule has 0 spiro atoms. The van der Waals surface area contributed by atoms with Gasteiger partial charge in [0.1, 0.15) is 12.1 Å². The average molecular weight is 436 g/mol. The van der Waals surface area contributed by atoms with Gasteiger partial charge in [-0.3, -0.25) is 19.7 Å². The van der Waals surface area contributed by atoms with Gasteiger partial charge in [-0.05, 0) is 53.5 Å². The monoisotopic (exact) mass is 435 g/mol. The van der Waals surface area contributed by atoms with E-state index >= 15 is 0 Å². The fourth-order valence-corrected chi connectivity index (χ4v) is 3.90. The molecule has 1 unspecified atom stereocenters. The number of esters is 2. The Bertz CT molecular complexity index is 818. The Kier molecular flexibility index (Phi) is 8.79. The van der Waals surface area contributed by atoms with E-state index in [1.165, 1.54) is 4.90 Å². The molecule has 31 heavy (non-hydrogen) atoms. The lowest BCUT2D eigenvalue weighted by molar-refractivity contribution is -0.154. The Morgan fingerprint density at radius 1 is 1.19 bits per heavy atom. The number of nitrogens with one attached hydrogen (secondary N) is 2. The molecule has 3 atom stereocenters. The number of H-pyrrole nitrogens is 1. The van der Waals surface area contributed by atoms with Crippen LogP contribution in [0.1, 0.15) is 61.8 Å². The van der Waals surface area contributed by atoms with Gasteiger partial charge in [0.15, 0.2) is 5.78 Å². The molecule has 1 aliphatic heterocycles. The lowest BCUT2D eigenvalue weighted by Crippen LogP contribution is -2.53. The number of aromatic amines is 1. The Labute approximate surface area is 182 Å². The number of carbonyl (C=O) groups is 4. The van der Waals surface area contributed by atoms with Crippen molar-refractivity contribution in [3.8, 4) is 0 Å². The maximum absolute atomic E-state index is 13.0. The van der Waals surface area contributed by atoms with Crippen LogP contribution in [0.25, 0.3) is 0 Å². The zero-order valence-electron chi connectivity index (χ0n) is 18.9. The molecule has 2 heterocycles. The summed E-state index contributed by atoms with van der Waals surface area (Å²) in [6.45, 7) is 9.51. The number of aromatic nitrogens is 1. The number of aryl methyl sites for hydroxylation is 2. The molecule has 0 radical (unpaired) electrons. The minimum absolute atomic E-state index is 0.143. The number of rotatable bonds is 10. The smallest absolute Gasteiger partial charge is 0.328 e. The van der Waals surface area contributed by atoms with Gasteiger partial charge in [0.2, 0.25) is 5.91 Å². The van der Waals surface area contributed by atoms with Crippen LogP contribution in [0.3, 0.4) is 0 Å². The molecule has 0 saturated carbocycles. The quantitative estimate of drug-likeness (QED) is 0.424. The first kappa shape index (κ1) is 24.6. The second kappa shape index (κ2) is 11.1. The first-order chi connectivity index (χ1) is 14.7. The van der Waals surface area contributed by atoms with Crippen LogP contribution in [0.2, 0.25) is 0 Å². The molecule has 1 aromatic heterocycles. The normalized spacial score (nSPS) is 17.8. The van der Waals surface area contributed by atoms with Crippen molar-refractivity contribution in [2.75, 3.05) is 19.8 Å². The fraction of sp³-hybridized carbons (Fsp3) is 0.636. The zero-order valence-corrected chi connectivity index (χ0v) is 18.9. The third-order valence-electron chi connectivity index (χ3n) is 5.33. The Morgan fingerprint density at radius 3 is 2.45 bits per heavy atom. The van der Waals surface area contributed by atoms with Crippen molar-refractivity contribution in [3.05, 3.63) is 23.0 Å². The van der Waals surface area contributed by atoms with Crippen LogP contribution < -0.4 is 5.32 Å². The molecule has 9 heteroatoms. The summed E-state index contributed by atoms with van der Waals surface area (Å²) in [6.07, 6.45) is 1.10. The van der Waals surface area contributed by atoms with Crippen LogP contribution >= 0.6 is 0 Å². The number of ether oxygens (including phenoxy) is 2. The summed E-state index contributed by atoms with van der Waals surface area (Å²) in [5.41, 5.74) is 2.09. The molecule has 9 nitrogen and oxygen atoms in total. The standard InChI is InChI=1S/C22H33N3O6/c1-6-30-21(28)17(12-19(26)16-11-13(3)23-14(16)4)24-15(5)20(27)25-10-8-9-18(25)22(29)31-7-2/h11,15,17-18,23-24H,6-10,12H2,1-5H3/t15-,17?,18-/m0/s1. The van der Waals surface area contributed by atoms with Crippen molar-refractivity contribution >= 4 is 23.6 Å². The van der Waals surface area contributed by atoms with Crippen molar-refractivity contribution < 1.29 is 28.7 Å². The number of hydrogen-bond acceptors (Lipinski definition) is 7. The first-order valence-corrected chi connectivity index (χ1v) is 10.8. The highest BCUT2D eigenvalue weighted by atomic mass is 16.5. The first-order valence-electron chi connectivity index (χ1n) is 10.8. The van der Waals surface area contributed by atoms with Crippen molar-refractivity contribution in [1.82, 2.24) is 15.2 Å². The van der Waals surface area contributed by atoms with Gasteiger partial charge in [0.25, 0.3) is 0 Å². The van der Waals surface area contributed by atoms with E-state index in [2.05, 4.69) is 10.3 Å². The summed E-state index contributed by atoms with van der Waals surface area (Å²) >= 11 is 0. The minimum atomic E-state index is -0.982. The second-order valence-corrected chi connectivity index (χ2v) is 7.75. The molecule has 0 aromatic carbocycles. The van der Waals surface area contributed by atoms with Gasteiger partial charge >= 0.3 is 11.9 Å². The van der Waals surface area contributed by atoms with E-state index in [1.54, 1.807) is 33.8 Å². The predicted octanol–water partition coefficient (Wildman–Crippen LogP) is 1.67. The predicted molar refractivity (Wildman–Crippen MR) is 114 cm³/mol. The average Bonchev–Trinajstić information content (AvgIpc) is 3.33. The molecule has 2 rings (SSSR count). The highest BCUT2D eigenvalue weighted by molar-refractivity contribution is 6.00. The van der Waals surface area contributed by atoms with E-state index in [4.69, 9.17) is 9.47 Å². The molecule has 1 aliphatic rings. The van der Waals surface area contributed by atoms with Crippen LogP contribution in [-0.4, -0.2) is 71.4 Å². The van der Waals surface area contributed by atoms with Gasteiger partial charge in [-0.2, -0.15) is 0 Å². The van der Waals surface area contributed by atoms with Crippen LogP contribution in [0.5, 0.6) is 0 Å². The van der Waals surface area contributed by atoms with E-state index in [0.717, 1.165) is 11.4 Å². The third kappa shape index (κ3) is 6.16. The maximum atomic E-state index is 13.0.